The minimum Gasteiger partial charge on any atom is -0.309 e. The Labute approximate surface area is 145 Å². The fourth-order valence-corrected chi connectivity index (χ4v) is 3.78. The van der Waals surface area contributed by atoms with Crippen LogP contribution in [0.25, 0.3) is 10.8 Å². The lowest BCUT2D eigenvalue weighted by molar-refractivity contribution is 0.0605. The second-order valence-corrected chi connectivity index (χ2v) is 7.62. The monoisotopic (exact) mass is 362 g/mol. The van der Waals surface area contributed by atoms with Gasteiger partial charge in [0.2, 0.25) is 0 Å². The number of rotatable bonds is 5. The van der Waals surface area contributed by atoms with Crippen molar-refractivity contribution in [2.75, 3.05) is 27.2 Å². The van der Waals surface area contributed by atoms with Crippen molar-refractivity contribution >= 4 is 32.7 Å². The summed E-state index contributed by atoms with van der Waals surface area (Å²) in [6, 6.07) is 7.13. The van der Waals surface area contributed by atoms with Gasteiger partial charge in [-0.3, -0.25) is 19.0 Å². The molecule has 0 bridgehead atoms. The summed E-state index contributed by atoms with van der Waals surface area (Å²) in [6.07, 6.45) is 0.638. The molecule has 2 aromatic rings. The van der Waals surface area contributed by atoms with Crippen LogP contribution in [-0.4, -0.2) is 61.8 Å². The lowest BCUT2D eigenvalue weighted by Gasteiger charge is -2.28. The normalized spacial score (nSPS) is 14.6. The molecule has 1 aliphatic heterocycles. The predicted molar refractivity (Wildman–Crippen MR) is 92.3 cm³/mol. The van der Waals surface area contributed by atoms with Gasteiger partial charge >= 0.3 is 0 Å². The van der Waals surface area contributed by atoms with Crippen LogP contribution in [-0.2, 0) is 10.1 Å². The zero-order valence-corrected chi connectivity index (χ0v) is 14.7. The number of hydrogen-bond acceptors (Lipinski definition) is 5. The van der Waals surface area contributed by atoms with Gasteiger partial charge in [0.15, 0.2) is 0 Å². The van der Waals surface area contributed by atoms with E-state index in [9.17, 15) is 22.6 Å². The first-order chi connectivity index (χ1) is 11.7. The van der Waals surface area contributed by atoms with Gasteiger partial charge in [0.05, 0.1) is 0 Å². The molecule has 0 saturated carbocycles. The molecule has 2 aromatic carbocycles. The largest absolute Gasteiger partial charge is 0.309 e. The molecule has 3 rings (SSSR count). The number of carbonyl (C=O) groups is 2. The summed E-state index contributed by atoms with van der Waals surface area (Å²) < 4.78 is 32.6. The van der Waals surface area contributed by atoms with Gasteiger partial charge in [0.1, 0.15) is 4.90 Å². The topological polar surface area (TPSA) is 95.0 Å². The maximum absolute atomic E-state index is 12.7. The molecule has 0 radical (unpaired) electrons. The van der Waals surface area contributed by atoms with Crippen LogP contribution in [0.2, 0.25) is 0 Å². The first-order valence-electron chi connectivity index (χ1n) is 7.76. The van der Waals surface area contributed by atoms with Gasteiger partial charge < -0.3 is 4.90 Å². The Morgan fingerprint density at radius 1 is 1.04 bits per heavy atom. The van der Waals surface area contributed by atoms with Crippen molar-refractivity contribution in [1.29, 1.82) is 0 Å². The van der Waals surface area contributed by atoms with Crippen molar-refractivity contribution in [1.82, 2.24) is 9.80 Å². The third-order valence-electron chi connectivity index (χ3n) is 4.22. The van der Waals surface area contributed by atoms with Crippen LogP contribution < -0.4 is 0 Å². The van der Waals surface area contributed by atoms with E-state index < -0.39 is 21.9 Å². The SMILES string of the molecule is CN(C)CCCN1C(=O)c2cccc3c(S(=O)(=O)O)ccc(c23)C1=O. The third kappa shape index (κ3) is 3.04. The van der Waals surface area contributed by atoms with E-state index in [2.05, 4.69) is 0 Å². The van der Waals surface area contributed by atoms with Crippen LogP contribution in [0.15, 0.2) is 35.2 Å². The molecule has 0 saturated heterocycles. The van der Waals surface area contributed by atoms with E-state index in [-0.39, 0.29) is 33.3 Å². The highest BCUT2D eigenvalue weighted by Gasteiger charge is 2.33. The van der Waals surface area contributed by atoms with Crippen LogP contribution in [0.4, 0.5) is 0 Å². The van der Waals surface area contributed by atoms with Gasteiger partial charge in [-0.05, 0) is 45.3 Å². The smallest absolute Gasteiger partial charge is 0.295 e. The Kier molecular flexibility index (Phi) is 4.36. The summed E-state index contributed by atoms with van der Waals surface area (Å²) in [6.45, 7) is 1.02. The van der Waals surface area contributed by atoms with E-state index >= 15 is 0 Å². The fraction of sp³-hybridized carbons (Fsp3) is 0.294. The van der Waals surface area contributed by atoms with E-state index in [4.69, 9.17) is 0 Å². The molecule has 1 aliphatic rings. The maximum Gasteiger partial charge on any atom is 0.295 e. The summed E-state index contributed by atoms with van der Waals surface area (Å²) >= 11 is 0. The molecule has 7 nitrogen and oxygen atoms in total. The van der Waals surface area contributed by atoms with Crippen molar-refractivity contribution in [3.8, 4) is 0 Å². The summed E-state index contributed by atoms with van der Waals surface area (Å²) in [4.78, 5) is 28.3. The lowest BCUT2D eigenvalue weighted by Crippen LogP contribution is -2.41. The van der Waals surface area contributed by atoms with Crippen LogP contribution >= 0.6 is 0 Å². The average Bonchev–Trinajstić information content (AvgIpc) is 2.53. The van der Waals surface area contributed by atoms with E-state index in [0.29, 0.717) is 6.42 Å². The molecular formula is C17H18N2O5S. The standard InChI is InChI=1S/C17H18N2O5S/c1-18(2)9-4-10-19-16(20)12-6-3-5-11-14(25(22,23)24)8-7-13(15(11)12)17(19)21/h3,5-8H,4,9-10H2,1-2H3,(H,22,23,24). The molecular weight excluding hydrogens is 344 g/mol. The second-order valence-electron chi connectivity index (χ2n) is 6.23. The summed E-state index contributed by atoms with van der Waals surface area (Å²) in [5.41, 5.74) is 0.532. The summed E-state index contributed by atoms with van der Waals surface area (Å²) in [5, 5.41) is 0.448. The minimum absolute atomic E-state index is 0.173. The van der Waals surface area contributed by atoms with Crippen LogP contribution in [0.1, 0.15) is 27.1 Å². The Morgan fingerprint density at radius 2 is 1.68 bits per heavy atom. The average molecular weight is 362 g/mol. The molecule has 8 heteroatoms. The number of amides is 2. The van der Waals surface area contributed by atoms with E-state index in [0.717, 1.165) is 6.54 Å². The Bertz CT molecular complexity index is 960. The van der Waals surface area contributed by atoms with Gasteiger partial charge in [-0.1, -0.05) is 12.1 Å². The quantitative estimate of drug-likeness (QED) is 0.642. The third-order valence-corrected chi connectivity index (χ3v) is 5.13. The van der Waals surface area contributed by atoms with E-state index in [1.165, 1.54) is 23.1 Å². The zero-order chi connectivity index (χ0) is 18.4. The Hall–Kier alpha value is -2.29. The number of nitrogens with zero attached hydrogens (tertiary/aromatic N) is 2. The Balaban J connectivity index is 2.12. The summed E-state index contributed by atoms with van der Waals surface area (Å²) in [5.74, 6) is -0.899. The van der Waals surface area contributed by atoms with Gasteiger partial charge in [-0.15, -0.1) is 0 Å². The molecule has 0 atom stereocenters. The highest BCUT2D eigenvalue weighted by molar-refractivity contribution is 7.86. The highest BCUT2D eigenvalue weighted by Crippen LogP contribution is 2.33. The molecule has 2 amide bonds. The van der Waals surface area contributed by atoms with Crippen molar-refractivity contribution in [3.63, 3.8) is 0 Å². The first-order valence-corrected chi connectivity index (χ1v) is 9.20. The molecule has 132 valence electrons. The van der Waals surface area contributed by atoms with Gasteiger partial charge in [0.25, 0.3) is 21.9 Å². The van der Waals surface area contributed by atoms with Crippen LogP contribution in [0.5, 0.6) is 0 Å². The molecule has 1 N–H and O–H groups in total. The highest BCUT2D eigenvalue weighted by atomic mass is 32.2. The first kappa shape index (κ1) is 17.5. The summed E-state index contributed by atoms with van der Waals surface area (Å²) in [7, 11) is -0.642. The lowest BCUT2D eigenvalue weighted by atomic mass is 9.94. The molecule has 0 fully saturated rings. The molecule has 0 spiro atoms. The molecule has 1 heterocycles. The molecule has 25 heavy (non-hydrogen) atoms. The van der Waals surface area contributed by atoms with Crippen molar-refractivity contribution in [2.45, 2.75) is 11.3 Å². The second kappa shape index (κ2) is 6.21. The van der Waals surface area contributed by atoms with E-state index in [1.54, 1.807) is 12.1 Å². The van der Waals surface area contributed by atoms with Crippen LogP contribution in [0, 0.1) is 0 Å². The number of benzene rings is 2. The van der Waals surface area contributed by atoms with Crippen molar-refractivity contribution in [3.05, 3.63) is 41.5 Å². The number of imide groups is 1. The Morgan fingerprint density at radius 3 is 2.28 bits per heavy atom. The van der Waals surface area contributed by atoms with Crippen molar-refractivity contribution in [2.24, 2.45) is 0 Å². The number of hydrogen-bond donors (Lipinski definition) is 1. The van der Waals surface area contributed by atoms with Gasteiger partial charge in [0, 0.05) is 28.4 Å². The maximum atomic E-state index is 12.7. The van der Waals surface area contributed by atoms with Crippen LogP contribution in [0.3, 0.4) is 0 Å². The minimum atomic E-state index is -4.46. The molecule has 0 aliphatic carbocycles. The molecule has 0 unspecified atom stereocenters. The van der Waals surface area contributed by atoms with Crippen molar-refractivity contribution < 1.29 is 22.6 Å². The number of carbonyl (C=O) groups excluding carboxylic acids is 2. The fourth-order valence-electron chi connectivity index (χ4n) is 3.09. The molecule has 0 aromatic heterocycles. The van der Waals surface area contributed by atoms with Gasteiger partial charge in [-0.25, -0.2) is 0 Å². The van der Waals surface area contributed by atoms with Gasteiger partial charge in [-0.2, -0.15) is 8.42 Å². The van der Waals surface area contributed by atoms with E-state index in [1.807, 2.05) is 19.0 Å². The zero-order valence-electron chi connectivity index (χ0n) is 13.9. The predicted octanol–water partition coefficient (Wildman–Crippen LogP) is 1.63.